The molecule has 2 aliphatic heterocycles. The van der Waals surface area contributed by atoms with E-state index in [0.717, 1.165) is 51.1 Å². The van der Waals surface area contributed by atoms with Gasteiger partial charge in [-0.2, -0.15) is 0 Å². The molecule has 0 aromatic heterocycles. The maximum atomic E-state index is 12.3. The third-order valence-electron chi connectivity index (χ3n) is 4.24. The fraction of sp³-hybridized carbons (Fsp3) is 0.562. The van der Waals surface area contributed by atoms with Gasteiger partial charge in [-0.15, -0.1) is 0 Å². The van der Waals surface area contributed by atoms with E-state index in [1.54, 1.807) is 0 Å². The fourth-order valence-electron chi connectivity index (χ4n) is 3.03. The maximum Gasteiger partial charge on any atom is 0.239 e. The summed E-state index contributed by atoms with van der Waals surface area (Å²) in [6.07, 6.45) is 3.94. The van der Waals surface area contributed by atoms with E-state index < -0.39 is 0 Å². The molecule has 2 aliphatic rings. The Morgan fingerprint density at radius 3 is 2.67 bits per heavy atom. The second-order valence-corrected chi connectivity index (χ2v) is 6.13. The highest BCUT2D eigenvalue weighted by molar-refractivity contribution is 6.32. The Morgan fingerprint density at radius 2 is 2.00 bits per heavy atom. The number of hydrogen-bond donors (Lipinski definition) is 1. The topological polar surface area (TPSA) is 41.6 Å². The molecule has 1 aromatic rings. The van der Waals surface area contributed by atoms with E-state index in [9.17, 15) is 4.79 Å². The number of para-hydroxylation sites is 1. The molecule has 5 heteroatoms. The third kappa shape index (κ3) is 3.50. The first-order valence-corrected chi connectivity index (χ1v) is 8.05. The molecule has 1 aromatic carbocycles. The second kappa shape index (κ2) is 6.67. The second-order valence-electron chi connectivity index (χ2n) is 5.72. The summed E-state index contributed by atoms with van der Waals surface area (Å²) in [6.45, 7) is 2.50. The number of nitrogens with zero attached hydrogens (tertiary/aromatic N) is 1. The lowest BCUT2D eigenvalue weighted by Crippen LogP contribution is -2.48. The van der Waals surface area contributed by atoms with Gasteiger partial charge in [0.2, 0.25) is 5.91 Å². The summed E-state index contributed by atoms with van der Waals surface area (Å²) < 4.78 is 5.95. The number of hydrogen-bond acceptors (Lipinski definition) is 3. The summed E-state index contributed by atoms with van der Waals surface area (Å²) in [4.78, 5) is 14.3. The number of benzene rings is 1. The summed E-state index contributed by atoms with van der Waals surface area (Å²) in [5, 5.41) is 3.92. The monoisotopic (exact) mass is 308 g/mol. The molecule has 2 fully saturated rings. The lowest BCUT2D eigenvalue weighted by atomic mass is 10.1. The number of ether oxygens (including phenoxy) is 1. The molecule has 0 unspecified atom stereocenters. The summed E-state index contributed by atoms with van der Waals surface area (Å²) in [5.74, 6) is 0.991. The zero-order chi connectivity index (χ0) is 14.7. The zero-order valence-corrected chi connectivity index (χ0v) is 12.8. The van der Waals surface area contributed by atoms with Gasteiger partial charge in [-0.05, 0) is 31.5 Å². The van der Waals surface area contributed by atoms with E-state index in [1.165, 1.54) is 0 Å². The zero-order valence-electron chi connectivity index (χ0n) is 12.1. The van der Waals surface area contributed by atoms with Crippen LogP contribution in [-0.4, -0.2) is 42.6 Å². The number of likely N-dealkylation sites (tertiary alicyclic amines) is 1. The molecule has 1 amide bonds. The number of carbonyl (C=O) groups excluding carboxylic acids is 1. The van der Waals surface area contributed by atoms with Crippen molar-refractivity contribution >= 4 is 17.5 Å². The van der Waals surface area contributed by atoms with Crippen molar-refractivity contribution in [2.45, 2.75) is 37.8 Å². The van der Waals surface area contributed by atoms with Crippen LogP contribution in [0.15, 0.2) is 24.3 Å². The highest BCUT2D eigenvalue weighted by Crippen LogP contribution is 2.27. The quantitative estimate of drug-likeness (QED) is 0.932. The molecule has 0 spiro atoms. The molecule has 0 saturated carbocycles. The minimum Gasteiger partial charge on any atom is -0.489 e. The lowest BCUT2D eigenvalue weighted by molar-refractivity contribution is -0.134. The summed E-state index contributed by atoms with van der Waals surface area (Å²) in [5.41, 5.74) is 0. The fourth-order valence-corrected chi connectivity index (χ4v) is 3.21. The van der Waals surface area contributed by atoms with Crippen molar-refractivity contribution in [3.8, 4) is 5.75 Å². The van der Waals surface area contributed by atoms with Crippen LogP contribution in [0.4, 0.5) is 0 Å². The molecule has 0 aliphatic carbocycles. The summed E-state index contributed by atoms with van der Waals surface area (Å²) in [6, 6.07) is 7.58. The minimum absolute atomic E-state index is 0.0334. The molecule has 2 heterocycles. The Hall–Kier alpha value is -1.26. The van der Waals surface area contributed by atoms with E-state index >= 15 is 0 Å². The normalized spacial score (nSPS) is 23.3. The van der Waals surface area contributed by atoms with Crippen LogP contribution < -0.4 is 10.1 Å². The van der Waals surface area contributed by atoms with Crippen molar-refractivity contribution in [1.29, 1.82) is 0 Å². The van der Waals surface area contributed by atoms with E-state index in [-0.39, 0.29) is 18.1 Å². The van der Waals surface area contributed by atoms with Gasteiger partial charge in [0.05, 0.1) is 11.1 Å². The molecule has 2 saturated heterocycles. The van der Waals surface area contributed by atoms with Crippen molar-refractivity contribution in [1.82, 2.24) is 10.2 Å². The van der Waals surface area contributed by atoms with Gasteiger partial charge in [-0.1, -0.05) is 23.7 Å². The van der Waals surface area contributed by atoms with Crippen LogP contribution in [0.2, 0.25) is 5.02 Å². The van der Waals surface area contributed by atoms with Gasteiger partial charge in [0.25, 0.3) is 0 Å². The molecule has 3 rings (SSSR count). The van der Waals surface area contributed by atoms with E-state index in [0.29, 0.717) is 5.02 Å². The highest BCUT2D eigenvalue weighted by atomic mass is 35.5. The smallest absolute Gasteiger partial charge is 0.239 e. The van der Waals surface area contributed by atoms with Crippen LogP contribution in [0.25, 0.3) is 0 Å². The van der Waals surface area contributed by atoms with E-state index in [4.69, 9.17) is 16.3 Å². The van der Waals surface area contributed by atoms with Gasteiger partial charge in [0.1, 0.15) is 11.9 Å². The number of rotatable bonds is 3. The van der Waals surface area contributed by atoms with Gasteiger partial charge >= 0.3 is 0 Å². The number of amides is 1. The van der Waals surface area contributed by atoms with Crippen molar-refractivity contribution in [2.24, 2.45) is 0 Å². The minimum atomic E-state index is 0.0334. The van der Waals surface area contributed by atoms with Crippen molar-refractivity contribution in [3.63, 3.8) is 0 Å². The van der Waals surface area contributed by atoms with Gasteiger partial charge in [0, 0.05) is 25.9 Å². The molecule has 1 N–H and O–H groups in total. The maximum absolute atomic E-state index is 12.3. The third-order valence-corrected chi connectivity index (χ3v) is 4.55. The van der Waals surface area contributed by atoms with Crippen LogP contribution in [0, 0.1) is 0 Å². The van der Waals surface area contributed by atoms with Gasteiger partial charge in [-0.25, -0.2) is 0 Å². The van der Waals surface area contributed by atoms with E-state index in [2.05, 4.69) is 5.32 Å². The van der Waals surface area contributed by atoms with E-state index in [1.807, 2.05) is 29.2 Å². The molecule has 114 valence electrons. The van der Waals surface area contributed by atoms with Gasteiger partial charge < -0.3 is 15.0 Å². The predicted octanol–water partition coefficient (Wildman–Crippen LogP) is 2.46. The largest absolute Gasteiger partial charge is 0.489 e. The highest BCUT2D eigenvalue weighted by Gasteiger charge is 2.30. The Balaban J connectivity index is 1.51. The van der Waals surface area contributed by atoms with Crippen molar-refractivity contribution in [2.75, 3.05) is 19.6 Å². The van der Waals surface area contributed by atoms with Crippen LogP contribution in [0.1, 0.15) is 25.7 Å². The number of carbonyl (C=O) groups is 1. The molecule has 0 radical (unpaired) electrons. The van der Waals surface area contributed by atoms with Crippen LogP contribution in [0.5, 0.6) is 5.75 Å². The predicted molar refractivity (Wildman–Crippen MR) is 82.7 cm³/mol. The standard InChI is InChI=1S/C16H21ClN2O2/c17-13-4-1-2-6-15(13)21-12-7-10-19(11-8-12)16(20)14-5-3-9-18-14/h1-2,4,6,12,14,18H,3,5,7-11H2/t14-/m0/s1. The van der Waals surface area contributed by atoms with Gasteiger partial charge in [0.15, 0.2) is 0 Å². The van der Waals surface area contributed by atoms with Crippen molar-refractivity contribution in [3.05, 3.63) is 29.3 Å². The number of nitrogens with one attached hydrogen (secondary N) is 1. The van der Waals surface area contributed by atoms with Crippen LogP contribution in [0.3, 0.4) is 0 Å². The average Bonchev–Trinajstić information content (AvgIpc) is 3.04. The first kappa shape index (κ1) is 14.7. The lowest BCUT2D eigenvalue weighted by Gasteiger charge is -2.33. The Kier molecular flexibility index (Phi) is 4.66. The molecule has 4 nitrogen and oxygen atoms in total. The Morgan fingerprint density at radius 1 is 1.24 bits per heavy atom. The number of piperidine rings is 1. The first-order valence-electron chi connectivity index (χ1n) is 7.67. The molecule has 21 heavy (non-hydrogen) atoms. The van der Waals surface area contributed by atoms with Gasteiger partial charge in [-0.3, -0.25) is 4.79 Å². The summed E-state index contributed by atoms with van der Waals surface area (Å²) in [7, 11) is 0. The first-order chi connectivity index (χ1) is 10.2. The summed E-state index contributed by atoms with van der Waals surface area (Å²) >= 11 is 6.11. The Bertz CT molecular complexity index is 495. The van der Waals surface area contributed by atoms with Crippen LogP contribution >= 0.6 is 11.6 Å². The molecule has 1 atom stereocenters. The Labute approximate surface area is 130 Å². The molecular weight excluding hydrogens is 288 g/mol. The molecule has 0 bridgehead atoms. The average molecular weight is 309 g/mol. The number of halogens is 1. The SMILES string of the molecule is O=C([C@@H]1CCCN1)N1CCC(Oc2ccccc2Cl)CC1. The van der Waals surface area contributed by atoms with Crippen molar-refractivity contribution < 1.29 is 9.53 Å². The van der Waals surface area contributed by atoms with Crippen LogP contribution in [-0.2, 0) is 4.79 Å². The molecular formula is C16H21ClN2O2.